The summed E-state index contributed by atoms with van der Waals surface area (Å²) in [5, 5.41) is 10.5. The molecular weight excluding hydrogens is 239 g/mol. The highest BCUT2D eigenvalue weighted by atomic mass is 19.1. The van der Waals surface area contributed by atoms with Crippen LogP contribution >= 0.6 is 0 Å². The van der Waals surface area contributed by atoms with Gasteiger partial charge >= 0.3 is 0 Å². The van der Waals surface area contributed by atoms with Crippen molar-refractivity contribution in [2.24, 2.45) is 0 Å². The van der Waals surface area contributed by atoms with E-state index < -0.39 is 5.60 Å². The maximum absolute atomic E-state index is 13.8. The van der Waals surface area contributed by atoms with Gasteiger partial charge < -0.3 is 5.11 Å². The van der Waals surface area contributed by atoms with E-state index in [2.05, 4.69) is 0 Å². The van der Waals surface area contributed by atoms with Crippen LogP contribution in [0.15, 0.2) is 42.5 Å². The first-order chi connectivity index (χ1) is 8.90. The van der Waals surface area contributed by atoms with Gasteiger partial charge in [0.25, 0.3) is 0 Å². The first-order valence-electron chi connectivity index (χ1n) is 6.44. The average Bonchev–Trinajstić information content (AvgIpc) is 2.34. The van der Waals surface area contributed by atoms with E-state index in [4.69, 9.17) is 0 Å². The van der Waals surface area contributed by atoms with Crippen LogP contribution in [0.4, 0.5) is 4.39 Å². The van der Waals surface area contributed by atoms with Crippen LogP contribution in [-0.2, 0) is 12.0 Å². The molecular formula is C17H19FO. The fourth-order valence-corrected chi connectivity index (χ4v) is 2.30. The summed E-state index contributed by atoms with van der Waals surface area (Å²) in [7, 11) is 0. The lowest BCUT2D eigenvalue weighted by atomic mass is 9.88. The van der Waals surface area contributed by atoms with Crippen LogP contribution in [0.5, 0.6) is 0 Å². The molecule has 0 aliphatic rings. The Morgan fingerprint density at radius 3 is 2.37 bits per heavy atom. The van der Waals surface area contributed by atoms with Crippen molar-refractivity contribution < 1.29 is 9.50 Å². The Bertz CT molecular complexity index is 588. The van der Waals surface area contributed by atoms with Crippen molar-refractivity contribution in [2.45, 2.75) is 32.8 Å². The van der Waals surface area contributed by atoms with Crippen molar-refractivity contribution in [1.29, 1.82) is 0 Å². The van der Waals surface area contributed by atoms with Crippen LogP contribution in [0.3, 0.4) is 0 Å². The minimum absolute atomic E-state index is 0.341. The van der Waals surface area contributed by atoms with E-state index in [0.717, 1.165) is 5.56 Å². The number of benzene rings is 2. The molecule has 0 saturated carbocycles. The predicted molar refractivity (Wildman–Crippen MR) is 75.6 cm³/mol. The molecule has 2 heteroatoms. The highest BCUT2D eigenvalue weighted by molar-refractivity contribution is 5.33. The van der Waals surface area contributed by atoms with Crippen LogP contribution in [0.1, 0.15) is 29.2 Å². The molecule has 1 unspecified atom stereocenters. The smallest absolute Gasteiger partial charge is 0.129 e. The Balaban J connectivity index is 2.31. The number of aliphatic hydroxyl groups is 1. The van der Waals surface area contributed by atoms with Gasteiger partial charge in [-0.3, -0.25) is 0 Å². The van der Waals surface area contributed by atoms with E-state index in [9.17, 15) is 9.50 Å². The van der Waals surface area contributed by atoms with Gasteiger partial charge in [0, 0.05) is 12.0 Å². The second-order valence-electron chi connectivity index (χ2n) is 5.35. The summed E-state index contributed by atoms with van der Waals surface area (Å²) >= 11 is 0. The molecule has 100 valence electrons. The molecule has 2 aromatic carbocycles. The minimum Gasteiger partial charge on any atom is -0.385 e. The number of hydrogen-bond donors (Lipinski definition) is 1. The Morgan fingerprint density at radius 2 is 1.74 bits per heavy atom. The van der Waals surface area contributed by atoms with Crippen molar-refractivity contribution in [3.8, 4) is 0 Å². The zero-order chi connectivity index (χ0) is 14.0. The standard InChI is InChI=1S/C17H19FO/c1-12-8-9-14(10-13(12)2)11-17(3,19)15-6-4-5-7-16(15)18/h4-10,19H,11H2,1-3H3. The van der Waals surface area contributed by atoms with Gasteiger partial charge in [-0.15, -0.1) is 0 Å². The first kappa shape index (κ1) is 13.8. The monoisotopic (exact) mass is 258 g/mol. The van der Waals surface area contributed by atoms with Crippen LogP contribution in [0, 0.1) is 19.7 Å². The number of hydrogen-bond acceptors (Lipinski definition) is 1. The van der Waals surface area contributed by atoms with Gasteiger partial charge in [-0.05, 0) is 43.5 Å². The largest absolute Gasteiger partial charge is 0.385 e. The second-order valence-corrected chi connectivity index (χ2v) is 5.35. The lowest BCUT2D eigenvalue weighted by Gasteiger charge is -2.24. The third-order valence-electron chi connectivity index (χ3n) is 3.57. The summed E-state index contributed by atoms with van der Waals surface area (Å²) in [5.74, 6) is -0.365. The quantitative estimate of drug-likeness (QED) is 0.885. The molecule has 2 rings (SSSR count). The van der Waals surface area contributed by atoms with Crippen molar-refractivity contribution >= 4 is 0 Å². The highest BCUT2D eigenvalue weighted by Crippen LogP contribution is 2.28. The van der Waals surface area contributed by atoms with Crippen LogP contribution in [-0.4, -0.2) is 5.11 Å². The first-order valence-corrected chi connectivity index (χ1v) is 6.44. The number of aryl methyl sites for hydroxylation is 2. The molecule has 0 fully saturated rings. The number of rotatable bonds is 3. The molecule has 0 aliphatic heterocycles. The average molecular weight is 258 g/mol. The summed E-state index contributed by atoms with van der Waals surface area (Å²) in [6.45, 7) is 5.74. The van der Waals surface area contributed by atoms with E-state index in [0.29, 0.717) is 12.0 Å². The third-order valence-corrected chi connectivity index (χ3v) is 3.57. The maximum Gasteiger partial charge on any atom is 0.129 e. The van der Waals surface area contributed by atoms with E-state index in [1.54, 1.807) is 25.1 Å². The van der Waals surface area contributed by atoms with Gasteiger partial charge in [-0.1, -0.05) is 36.4 Å². The van der Waals surface area contributed by atoms with E-state index in [1.807, 2.05) is 32.0 Å². The topological polar surface area (TPSA) is 20.2 Å². The highest BCUT2D eigenvalue weighted by Gasteiger charge is 2.26. The van der Waals surface area contributed by atoms with E-state index in [1.165, 1.54) is 17.2 Å². The lowest BCUT2D eigenvalue weighted by Crippen LogP contribution is -2.25. The SMILES string of the molecule is Cc1ccc(CC(C)(O)c2ccccc2F)cc1C. The molecule has 0 aliphatic carbocycles. The van der Waals surface area contributed by atoms with Crippen molar-refractivity contribution in [3.05, 3.63) is 70.5 Å². The zero-order valence-corrected chi connectivity index (χ0v) is 11.6. The molecule has 0 aromatic heterocycles. The molecule has 1 nitrogen and oxygen atoms in total. The fourth-order valence-electron chi connectivity index (χ4n) is 2.30. The van der Waals surface area contributed by atoms with Gasteiger partial charge in [0.05, 0.1) is 5.60 Å². The molecule has 0 saturated heterocycles. The fraction of sp³-hybridized carbons (Fsp3) is 0.294. The summed E-state index contributed by atoms with van der Waals surface area (Å²) in [5.41, 5.74) is 2.55. The Morgan fingerprint density at radius 1 is 1.05 bits per heavy atom. The zero-order valence-electron chi connectivity index (χ0n) is 11.6. The van der Waals surface area contributed by atoms with Crippen LogP contribution < -0.4 is 0 Å². The molecule has 19 heavy (non-hydrogen) atoms. The molecule has 0 bridgehead atoms. The molecule has 0 heterocycles. The summed E-state index contributed by atoms with van der Waals surface area (Å²) in [4.78, 5) is 0. The maximum atomic E-state index is 13.8. The molecule has 0 spiro atoms. The van der Waals surface area contributed by atoms with Crippen molar-refractivity contribution in [2.75, 3.05) is 0 Å². The molecule has 0 radical (unpaired) electrons. The summed E-state index contributed by atoms with van der Waals surface area (Å²) < 4.78 is 13.8. The van der Waals surface area contributed by atoms with Gasteiger partial charge in [-0.2, -0.15) is 0 Å². The summed E-state index contributed by atoms with van der Waals surface area (Å²) in [6.07, 6.45) is 0.398. The van der Waals surface area contributed by atoms with E-state index in [-0.39, 0.29) is 5.82 Å². The van der Waals surface area contributed by atoms with Gasteiger partial charge in [0.2, 0.25) is 0 Å². The molecule has 0 amide bonds. The Kier molecular flexibility index (Phi) is 3.72. The Labute approximate surface area is 113 Å². The Hall–Kier alpha value is -1.67. The van der Waals surface area contributed by atoms with Crippen molar-refractivity contribution in [3.63, 3.8) is 0 Å². The van der Waals surface area contributed by atoms with Crippen molar-refractivity contribution in [1.82, 2.24) is 0 Å². The van der Waals surface area contributed by atoms with Gasteiger partial charge in [0.1, 0.15) is 5.82 Å². The molecule has 1 atom stereocenters. The van der Waals surface area contributed by atoms with E-state index >= 15 is 0 Å². The van der Waals surface area contributed by atoms with Crippen LogP contribution in [0.2, 0.25) is 0 Å². The lowest BCUT2D eigenvalue weighted by molar-refractivity contribution is 0.0538. The normalized spacial score (nSPS) is 14.2. The molecule has 1 N–H and O–H groups in total. The summed E-state index contributed by atoms with van der Waals surface area (Å²) in [6, 6.07) is 12.4. The van der Waals surface area contributed by atoms with Crippen LogP contribution in [0.25, 0.3) is 0 Å². The minimum atomic E-state index is -1.20. The molecule has 2 aromatic rings. The third kappa shape index (κ3) is 3.02. The predicted octanol–water partition coefficient (Wildman–Crippen LogP) is 3.89. The number of halogens is 1. The second kappa shape index (κ2) is 5.14. The van der Waals surface area contributed by atoms with Gasteiger partial charge in [-0.25, -0.2) is 4.39 Å². The van der Waals surface area contributed by atoms with Gasteiger partial charge in [0.15, 0.2) is 0 Å².